The van der Waals surface area contributed by atoms with Gasteiger partial charge in [-0.2, -0.15) is 0 Å². The molecule has 0 heterocycles. The average molecular weight is 383 g/mol. The zero-order chi connectivity index (χ0) is 16.2. The number of esters is 1. The third-order valence-corrected chi connectivity index (χ3v) is 5.34. The molecule has 21 heavy (non-hydrogen) atoms. The number of nitrogen functional groups attached to an aromatic ring is 1. The van der Waals surface area contributed by atoms with Gasteiger partial charge in [-0.3, -0.25) is 4.79 Å². The van der Waals surface area contributed by atoms with Crippen LogP contribution in [0.4, 0.5) is 10.1 Å². The topological polar surface area (TPSA) is 89.7 Å². The standard InChI is InChI=1S/C12H16BrFN2O4S/c1-16(5-3-4-12(17)20-2)21(18,19)11-6-8(13)9(14)7-10(11)15/h6-7H,3-5,15H2,1-2H3. The number of carbonyl (C=O) groups is 1. The highest BCUT2D eigenvalue weighted by Gasteiger charge is 2.24. The van der Waals surface area contributed by atoms with Gasteiger partial charge in [-0.15, -0.1) is 0 Å². The molecule has 0 aliphatic carbocycles. The second-order valence-corrected chi connectivity index (χ2v) is 7.18. The molecular weight excluding hydrogens is 367 g/mol. The minimum Gasteiger partial charge on any atom is -0.469 e. The van der Waals surface area contributed by atoms with Crippen LogP contribution in [0.2, 0.25) is 0 Å². The van der Waals surface area contributed by atoms with Crippen LogP contribution in [-0.4, -0.2) is 39.4 Å². The Hall–Kier alpha value is -1.19. The highest BCUT2D eigenvalue weighted by atomic mass is 79.9. The van der Waals surface area contributed by atoms with E-state index in [9.17, 15) is 17.6 Å². The van der Waals surface area contributed by atoms with Crippen LogP contribution in [0.15, 0.2) is 21.5 Å². The molecule has 0 aliphatic rings. The van der Waals surface area contributed by atoms with Crippen LogP contribution in [0.5, 0.6) is 0 Å². The Bertz CT molecular complexity index is 636. The second-order valence-electron chi connectivity index (χ2n) is 4.31. The molecule has 0 saturated carbocycles. The van der Waals surface area contributed by atoms with Gasteiger partial charge in [0.05, 0.1) is 17.3 Å². The van der Waals surface area contributed by atoms with Gasteiger partial charge < -0.3 is 10.5 Å². The zero-order valence-corrected chi connectivity index (χ0v) is 14.0. The van der Waals surface area contributed by atoms with Crippen molar-refractivity contribution in [2.24, 2.45) is 0 Å². The van der Waals surface area contributed by atoms with Gasteiger partial charge in [-0.1, -0.05) is 0 Å². The number of methoxy groups -OCH3 is 1. The van der Waals surface area contributed by atoms with Gasteiger partial charge in [0.15, 0.2) is 0 Å². The third-order valence-electron chi connectivity index (χ3n) is 2.82. The Labute approximate surface area is 131 Å². The van der Waals surface area contributed by atoms with E-state index in [0.717, 1.165) is 16.4 Å². The van der Waals surface area contributed by atoms with Crippen LogP contribution in [0.1, 0.15) is 12.8 Å². The lowest BCUT2D eigenvalue weighted by atomic mass is 10.3. The van der Waals surface area contributed by atoms with Crippen LogP contribution in [0, 0.1) is 5.82 Å². The quantitative estimate of drug-likeness (QED) is 0.597. The SMILES string of the molecule is COC(=O)CCCN(C)S(=O)(=O)c1cc(Br)c(F)cc1N. The van der Waals surface area contributed by atoms with E-state index < -0.39 is 21.8 Å². The highest BCUT2D eigenvalue weighted by molar-refractivity contribution is 9.10. The molecule has 1 rings (SSSR count). The summed E-state index contributed by atoms with van der Waals surface area (Å²) in [5, 5.41) is 0. The second kappa shape index (κ2) is 7.19. The summed E-state index contributed by atoms with van der Waals surface area (Å²) in [6, 6.07) is 2.07. The smallest absolute Gasteiger partial charge is 0.305 e. The lowest BCUT2D eigenvalue weighted by molar-refractivity contribution is -0.140. The number of hydrogen-bond donors (Lipinski definition) is 1. The Morgan fingerprint density at radius 1 is 1.48 bits per heavy atom. The number of halogens is 2. The molecule has 118 valence electrons. The lowest BCUT2D eigenvalue weighted by Gasteiger charge is -2.18. The van der Waals surface area contributed by atoms with Crippen LogP contribution >= 0.6 is 15.9 Å². The van der Waals surface area contributed by atoms with Gasteiger partial charge in [0.1, 0.15) is 10.7 Å². The first-order valence-corrected chi connectivity index (χ1v) is 8.21. The van der Waals surface area contributed by atoms with E-state index in [4.69, 9.17) is 5.73 Å². The van der Waals surface area contributed by atoms with E-state index in [1.807, 2.05) is 0 Å². The number of carbonyl (C=O) groups excluding carboxylic acids is 1. The summed E-state index contributed by atoms with van der Waals surface area (Å²) in [5.74, 6) is -1.05. The molecule has 2 N–H and O–H groups in total. The first-order valence-electron chi connectivity index (χ1n) is 5.97. The van der Waals surface area contributed by atoms with Gasteiger partial charge in [-0.25, -0.2) is 17.1 Å². The maximum Gasteiger partial charge on any atom is 0.305 e. The number of benzene rings is 1. The fraction of sp³-hybridized carbons (Fsp3) is 0.417. The van der Waals surface area contributed by atoms with Gasteiger partial charge in [0.2, 0.25) is 10.0 Å². The van der Waals surface area contributed by atoms with Crippen molar-refractivity contribution >= 4 is 37.6 Å². The van der Waals surface area contributed by atoms with Crippen LogP contribution in [0.3, 0.4) is 0 Å². The maximum absolute atomic E-state index is 13.3. The average Bonchev–Trinajstić information content (AvgIpc) is 2.42. The van der Waals surface area contributed by atoms with Crippen molar-refractivity contribution in [2.75, 3.05) is 26.4 Å². The molecule has 0 amide bonds. The molecule has 1 aromatic carbocycles. The molecule has 0 aromatic heterocycles. The monoisotopic (exact) mass is 382 g/mol. The molecule has 0 atom stereocenters. The Balaban J connectivity index is 2.90. The van der Waals surface area contributed by atoms with Crippen LogP contribution in [-0.2, 0) is 19.6 Å². The van der Waals surface area contributed by atoms with E-state index in [1.54, 1.807) is 0 Å². The van der Waals surface area contributed by atoms with E-state index in [0.29, 0.717) is 6.42 Å². The fourth-order valence-corrected chi connectivity index (χ4v) is 3.43. The Kier molecular flexibility index (Phi) is 6.11. The summed E-state index contributed by atoms with van der Waals surface area (Å²) < 4.78 is 43.5. The minimum absolute atomic E-state index is 0.0123. The van der Waals surface area contributed by atoms with Crippen molar-refractivity contribution in [1.82, 2.24) is 4.31 Å². The molecule has 9 heteroatoms. The van der Waals surface area contributed by atoms with Crippen LogP contribution in [0.25, 0.3) is 0 Å². The molecular formula is C12H16BrFN2O4S. The number of hydrogen-bond acceptors (Lipinski definition) is 5. The summed E-state index contributed by atoms with van der Waals surface area (Å²) in [6.45, 7) is 0.117. The molecule has 0 saturated heterocycles. The van der Waals surface area contributed by atoms with Gasteiger partial charge >= 0.3 is 5.97 Å². The first kappa shape index (κ1) is 17.9. The molecule has 6 nitrogen and oxygen atoms in total. The summed E-state index contributed by atoms with van der Waals surface area (Å²) >= 11 is 2.93. The fourth-order valence-electron chi connectivity index (χ4n) is 1.60. The molecule has 0 aliphatic heterocycles. The maximum atomic E-state index is 13.3. The Morgan fingerprint density at radius 2 is 2.10 bits per heavy atom. The largest absolute Gasteiger partial charge is 0.469 e. The number of rotatable bonds is 6. The third kappa shape index (κ3) is 4.39. The normalized spacial score (nSPS) is 11.7. The summed E-state index contributed by atoms with van der Waals surface area (Å²) in [5.41, 5.74) is 5.40. The highest BCUT2D eigenvalue weighted by Crippen LogP contribution is 2.28. The van der Waals surface area contributed by atoms with Crippen molar-refractivity contribution < 1.29 is 22.3 Å². The van der Waals surface area contributed by atoms with E-state index in [1.165, 1.54) is 14.2 Å². The van der Waals surface area contributed by atoms with E-state index in [-0.39, 0.29) is 28.0 Å². The van der Waals surface area contributed by atoms with Crippen molar-refractivity contribution in [2.45, 2.75) is 17.7 Å². The first-order chi connectivity index (χ1) is 9.70. The van der Waals surface area contributed by atoms with E-state index >= 15 is 0 Å². The van der Waals surface area contributed by atoms with E-state index in [2.05, 4.69) is 20.7 Å². The minimum atomic E-state index is -3.85. The number of nitrogens with two attached hydrogens (primary N) is 1. The van der Waals surface area contributed by atoms with Crippen molar-refractivity contribution in [1.29, 1.82) is 0 Å². The molecule has 0 unspecified atom stereocenters. The number of nitrogens with zero attached hydrogens (tertiary/aromatic N) is 1. The Morgan fingerprint density at radius 3 is 2.67 bits per heavy atom. The lowest BCUT2D eigenvalue weighted by Crippen LogP contribution is -2.29. The number of anilines is 1. The van der Waals surface area contributed by atoms with Crippen LogP contribution < -0.4 is 5.73 Å². The van der Waals surface area contributed by atoms with Crippen molar-refractivity contribution in [3.05, 3.63) is 22.4 Å². The summed E-state index contributed by atoms with van der Waals surface area (Å²) in [4.78, 5) is 10.8. The molecule has 0 bridgehead atoms. The molecule has 0 radical (unpaired) electrons. The van der Waals surface area contributed by atoms with Gasteiger partial charge in [-0.05, 0) is 34.5 Å². The van der Waals surface area contributed by atoms with Crippen molar-refractivity contribution in [3.8, 4) is 0 Å². The number of ether oxygens (including phenoxy) is 1. The number of sulfonamides is 1. The van der Waals surface area contributed by atoms with Gasteiger partial charge in [0, 0.05) is 20.0 Å². The zero-order valence-electron chi connectivity index (χ0n) is 11.6. The predicted molar refractivity (Wildman–Crippen MR) is 79.6 cm³/mol. The molecule has 1 aromatic rings. The predicted octanol–water partition coefficient (Wildman–Crippen LogP) is 1.74. The summed E-state index contributed by atoms with van der Waals surface area (Å²) in [6.07, 6.45) is 0.420. The summed E-state index contributed by atoms with van der Waals surface area (Å²) in [7, 11) is -1.23. The molecule has 0 spiro atoms. The van der Waals surface area contributed by atoms with Gasteiger partial charge in [0.25, 0.3) is 0 Å². The molecule has 0 fully saturated rings. The van der Waals surface area contributed by atoms with Crippen molar-refractivity contribution in [3.63, 3.8) is 0 Å².